The van der Waals surface area contributed by atoms with E-state index in [0.717, 1.165) is 33.8 Å². The van der Waals surface area contributed by atoms with E-state index in [4.69, 9.17) is 9.47 Å². The van der Waals surface area contributed by atoms with E-state index in [1.807, 2.05) is 0 Å². The molecule has 1 saturated carbocycles. The van der Waals surface area contributed by atoms with Gasteiger partial charge in [-0.05, 0) is 53.6 Å². The van der Waals surface area contributed by atoms with Gasteiger partial charge >= 0.3 is 5.69 Å². The second kappa shape index (κ2) is 11.1. The molecule has 1 heterocycles. The number of hydrogen-bond donors (Lipinski definition) is 2. The maximum atomic E-state index is 13.3. The van der Waals surface area contributed by atoms with Crippen LogP contribution in [-0.2, 0) is 22.7 Å². The number of anilines is 1. The molecular weight excluding hydrogens is 579 g/mol. The zero-order chi connectivity index (χ0) is 25.8. The fourth-order valence-corrected chi connectivity index (χ4v) is 5.13. The fraction of sp³-hybridized carbons (Fsp3) is 0.360. The number of hydrogen-bond acceptors (Lipinski definition) is 6. The van der Waals surface area contributed by atoms with E-state index in [9.17, 15) is 19.2 Å². The molecule has 1 fully saturated rings. The predicted molar refractivity (Wildman–Crippen MR) is 144 cm³/mol. The number of carbonyl (C=O) groups is 2. The van der Waals surface area contributed by atoms with Crippen molar-refractivity contribution in [3.05, 3.63) is 60.8 Å². The summed E-state index contributed by atoms with van der Waals surface area (Å²) in [6.45, 7) is -0.777. The molecule has 2 N–H and O–H groups in total. The summed E-state index contributed by atoms with van der Waals surface area (Å²) in [5.41, 5.74) is -0.576. The van der Waals surface area contributed by atoms with Crippen LogP contribution in [0.4, 0.5) is 5.69 Å². The number of nitrogens with one attached hydrogen (secondary N) is 2. The van der Waals surface area contributed by atoms with Crippen LogP contribution in [-0.4, -0.2) is 41.2 Å². The van der Waals surface area contributed by atoms with Crippen molar-refractivity contribution < 1.29 is 19.1 Å². The Morgan fingerprint density at radius 3 is 2.33 bits per heavy atom. The summed E-state index contributed by atoms with van der Waals surface area (Å²) in [4.78, 5) is 52.1. The van der Waals surface area contributed by atoms with Crippen LogP contribution in [0, 0.1) is 3.57 Å². The average molecular weight is 606 g/mol. The molecule has 10 nitrogen and oxygen atoms in total. The monoisotopic (exact) mass is 606 g/mol. The smallest absolute Gasteiger partial charge is 0.332 e. The van der Waals surface area contributed by atoms with E-state index in [-0.39, 0.29) is 18.0 Å². The normalized spacial score (nSPS) is 13.5. The fourth-order valence-electron chi connectivity index (χ4n) is 4.44. The maximum Gasteiger partial charge on any atom is 0.332 e. The van der Waals surface area contributed by atoms with Gasteiger partial charge in [-0.2, -0.15) is 0 Å². The molecule has 4 rings (SSSR count). The molecule has 2 amide bonds. The lowest BCUT2D eigenvalue weighted by Gasteiger charge is -2.16. The topological polar surface area (TPSA) is 121 Å². The number of amides is 2. The Kier molecular flexibility index (Phi) is 7.97. The molecule has 0 spiro atoms. The highest BCUT2D eigenvalue weighted by molar-refractivity contribution is 14.1. The minimum absolute atomic E-state index is 0.0592. The number of benzene rings is 2. The van der Waals surface area contributed by atoms with Crippen molar-refractivity contribution in [3.8, 4) is 11.5 Å². The van der Waals surface area contributed by atoms with E-state index < -0.39 is 29.6 Å². The van der Waals surface area contributed by atoms with Crippen molar-refractivity contribution in [3.63, 3.8) is 0 Å². The first-order valence-corrected chi connectivity index (χ1v) is 12.6. The summed E-state index contributed by atoms with van der Waals surface area (Å²) in [5.74, 6) is 0.0917. The third-order valence-electron chi connectivity index (χ3n) is 6.20. The summed E-state index contributed by atoms with van der Waals surface area (Å²) in [6.07, 6.45) is 3.86. The van der Waals surface area contributed by atoms with E-state index >= 15 is 0 Å². The van der Waals surface area contributed by atoms with Gasteiger partial charge in [0, 0.05) is 12.1 Å². The molecule has 1 aliphatic rings. The summed E-state index contributed by atoms with van der Waals surface area (Å²) in [6, 6.07) is 9.95. The number of para-hydroxylation sites is 1. The number of rotatable bonds is 8. The Morgan fingerprint density at radius 1 is 0.972 bits per heavy atom. The highest BCUT2D eigenvalue weighted by Gasteiger charge is 2.21. The second-order valence-electron chi connectivity index (χ2n) is 8.56. The van der Waals surface area contributed by atoms with Crippen molar-refractivity contribution in [2.45, 2.75) is 44.8 Å². The quantitative estimate of drug-likeness (QED) is 0.381. The van der Waals surface area contributed by atoms with Gasteiger partial charge in [0.1, 0.15) is 24.6 Å². The highest BCUT2D eigenvalue weighted by Crippen LogP contribution is 2.33. The summed E-state index contributed by atoms with van der Waals surface area (Å²) < 4.78 is 13.5. The lowest BCUT2D eigenvalue weighted by molar-refractivity contribution is -0.122. The molecule has 11 heteroatoms. The standard InChI is InChI=1S/C25H27IN4O6/c1-35-20-12-21(36-2)18(11-17(20)26)28-23(32)13-29-19-10-6-5-9-16(19)24(33)30(25(29)34)14-22(31)27-15-7-3-4-8-15/h5-6,9-12,15H,3-4,7-8,13-14H2,1-2H3,(H,27,31)(H,28,32). The summed E-state index contributed by atoms with van der Waals surface area (Å²) in [5, 5.41) is 5.91. The van der Waals surface area contributed by atoms with Gasteiger partial charge in [0.15, 0.2) is 0 Å². The molecule has 0 saturated heterocycles. The van der Waals surface area contributed by atoms with Crippen LogP contribution in [0.1, 0.15) is 25.7 Å². The van der Waals surface area contributed by atoms with Crippen LogP contribution < -0.4 is 31.4 Å². The van der Waals surface area contributed by atoms with Crippen LogP contribution >= 0.6 is 22.6 Å². The maximum absolute atomic E-state index is 13.3. The first kappa shape index (κ1) is 25.7. The van der Waals surface area contributed by atoms with Crippen molar-refractivity contribution in [2.75, 3.05) is 19.5 Å². The second-order valence-corrected chi connectivity index (χ2v) is 9.72. The van der Waals surface area contributed by atoms with Crippen molar-refractivity contribution in [2.24, 2.45) is 0 Å². The predicted octanol–water partition coefficient (Wildman–Crippen LogP) is 2.48. The molecule has 36 heavy (non-hydrogen) atoms. The summed E-state index contributed by atoms with van der Waals surface area (Å²) in [7, 11) is 3.01. The number of fused-ring (bicyclic) bond motifs is 1. The first-order chi connectivity index (χ1) is 17.3. The third-order valence-corrected chi connectivity index (χ3v) is 7.05. The van der Waals surface area contributed by atoms with Crippen LogP contribution in [0.15, 0.2) is 46.0 Å². The van der Waals surface area contributed by atoms with Gasteiger partial charge in [0.25, 0.3) is 5.56 Å². The third kappa shape index (κ3) is 5.40. The van der Waals surface area contributed by atoms with Gasteiger partial charge in [0.2, 0.25) is 11.8 Å². The van der Waals surface area contributed by atoms with Crippen LogP contribution in [0.2, 0.25) is 0 Å². The lowest BCUT2D eigenvalue weighted by atomic mass is 10.2. The Labute approximate surface area is 220 Å². The molecule has 0 aliphatic heterocycles. The lowest BCUT2D eigenvalue weighted by Crippen LogP contribution is -2.46. The number of halogens is 1. The SMILES string of the molecule is COc1cc(OC)c(NC(=O)Cn2c(=O)n(CC(=O)NC3CCCC3)c(=O)c3ccccc32)cc1I. The number of methoxy groups -OCH3 is 2. The zero-order valence-corrected chi connectivity index (χ0v) is 22.2. The molecule has 190 valence electrons. The van der Waals surface area contributed by atoms with Crippen molar-refractivity contribution >= 4 is 51.0 Å². The van der Waals surface area contributed by atoms with Gasteiger partial charge in [-0.25, -0.2) is 4.79 Å². The van der Waals surface area contributed by atoms with Crippen LogP contribution in [0.5, 0.6) is 11.5 Å². The Morgan fingerprint density at radius 2 is 1.64 bits per heavy atom. The first-order valence-electron chi connectivity index (χ1n) is 11.6. The average Bonchev–Trinajstić information content (AvgIpc) is 3.37. The molecular formula is C25H27IN4O6. The van der Waals surface area contributed by atoms with Gasteiger partial charge in [-0.1, -0.05) is 25.0 Å². The molecule has 0 radical (unpaired) electrons. The van der Waals surface area contributed by atoms with Gasteiger partial charge in [0.05, 0.1) is 34.4 Å². The molecule has 0 atom stereocenters. The molecule has 3 aromatic rings. The van der Waals surface area contributed by atoms with E-state index in [0.29, 0.717) is 22.7 Å². The molecule has 2 aromatic carbocycles. The van der Waals surface area contributed by atoms with Gasteiger partial charge in [-0.3, -0.25) is 23.5 Å². The Bertz CT molecular complexity index is 1420. The minimum Gasteiger partial charge on any atom is -0.496 e. The molecule has 0 unspecified atom stereocenters. The number of aromatic nitrogens is 2. The molecule has 1 aromatic heterocycles. The zero-order valence-electron chi connectivity index (χ0n) is 20.0. The van der Waals surface area contributed by atoms with Crippen molar-refractivity contribution in [1.82, 2.24) is 14.5 Å². The van der Waals surface area contributed by atoms with Crippen LogP contribution in [0.3, 0.4) is 0 Å². The van der Waals surface area contributed by atoms with Crippen molar-refractivity contribution in [1.29, 1.82) is 0 Å². The van der Waals surface area contributed by atoms with Gasteiger partial charge < -0.3 is 20.1 Å². The number of carbonyl (C=O) groups excluding carboxylic acids is 2. The molecule has 0 bridgehead atoms. The Hall–Kier alpha value is -3.35. The molecule has 1 aliphatic carbocycles. The van der Waals surface area contributed by atoms with E-state index in [2.05, 4.69) is 33.2 Å². The number of ether oxygens (including phenoxy) is 2. The van der Waals surface area contributed by atoms with Crippen LogP contribution in [0.25, 0.3) is 10.9 Å². The summed E-state index contributed by atoms with van der Waals surface area (Å²) >= 11 is 2.08. The number of nitrogens with zero attached hydrogens (tertiary/aromatic N) is 2. The Balaban J connectivity index is 1.65. The largest absolute Gasteiger partial charge is 0.496 e. The van der Waals surface area contributed by atoms with Gasteiger partial charge in [-0.15, -0.1) is 0 Å². The van der Waals surface area contributed by atoms with E-state index in [1.165, 1.54) is 18.8 Å². The highest BCUT2D eigenvalue weighted by atomic mass is 127. The van der Waals surface area contributed by atoms with E-state index in [1.54, 1.807) is 36.4 Å². The minimum atomic E-state index is -0.730.